The summed E-state index contributed by atoms with van der Waals surface area (Å²) in [5.74, 6) is 2.44. The molecule has 0 aromatic carbocycles. The smallest absolute Gasteiger partial charge is 0.135 e. The number of hydrogen-bond acceptors (Lipinski definition) is 4. The molecule has 2 rings (SSSR count). The number of anilines is 1. The van der Waals surface area contributed by atoms with Crippen molar-refractivity contribution in [2.24, 2.45) is 5.92 Å². The molecule has 19 heavy (non-hydrogen) atoms. The Morgan fingerprint density at radius 2 is 2.16 bits per heavy atom. The van der Waals surface area contributed by atoms with Crippen molar-refractivity contribution in [1.82, 2.24) is 9.97 Å². The van der Waals surface area contributed by atoms with E-state index in [4.69, 9.17) is 11.6 Å². The van der Waals surface area contributed by atoms with Gasteiger partial charge >= 0.3 is 0 Å². The van der Waals surface area contributed by atoms with Crippen LogP contribution in [0.25, 0.3) is 0 Å². The summed E-state index contributed by atoms with van der Waals surface area (Å²) in [5, 5.41) is 13.9. The van der Waals surface area contributed by atoms with Crippen molar-refractivity contribution in [2.75, 3.05) is 11.9 Å². The third-order valence-electron chi connectivity index (χ3n) is 3.15. The average molecular weight is 284 g/mol. The van der Waals surface area contributed by atoms with Gasteiger partial charge in [-0.05, 0) is 32.1 Å². The normalized spacial score (nSPS) is 18.4. The van der Waals surface area contributed by atoms with E-state index in [1.165, 1.54) is 0 Å². The Balaban J connectivity index is 1.98. The van der Waals surface area contributed by atoms with Crippen LogP contribution in [-0.4, -0.2) is 27.2 Å². The lowest BCUT2D eigenvalue weighted by atomic mass is 9.94. The first kappa shape index (κ1) is 14.5. The lowest BCUT2D eigenvalue weighted by Crippen LogP contribution is -2.35. The molecule has 106 valence electrons. The monoisotopic (exact) mass is 283 g/mol. The maximum Gasteiger partial charge on any atom is 0.135 e. The van der Waals surface area contributed by atoms with E-state index in [1.807, 2.05) is 6.92 Å². The van der Waals surface area contributed by atoms with Gasteiger partial charge in [0.25, 0.3) is 0 Å². The second kappa shape index (κ2) is 5.63. The van der Waals surface area contributed by atoms with Gasteiger partial charge in [-0.2, -0.15) is 0 Å². The van der Waals surface area contributed by atoms with Crippen molar-refractivity contribution in [3.63, 3.8) is 0 Å². The van der Waals surface area contributed by atoms with Crippen molar-refractivity contribution < 1.29 is 5.11 Å². The molecule has 1 atom stereocenters. The Kier molecular flexibility index (Phi) is 4.31. The number of rotatable bonds is 6. The molecule has 1 fully saturated rings. The van der Waals surface area contributed by atoms with Gasteiger partial charge in [0.05, 0.1) is 5.60 Å². The zero-order valence-electron chi connectivity index (χ0n) is 11.8. The highest BCUT2D eigenvalue weighted by atomic mass is 35.5. The fraction of sp³-hybridized carbons (Fsp3) is 0.714. The minimum absolute atomic E-state index is 0.452. The fourth-order valence-corrected chi connectivity index (χ4v) is 2.47. The summed E-state index contributed by atoms with van der Waals surface area (Å²) in [6.45, 7) is 6.50. The van der Waals surface area contributed by atoms with Crippen molar-refractivity contribution in [2.45, 2.75) is 51.6 Å². The molecule has 1 aliphatic carbocycles. The number of halogens is 1. The molecule has 1 saturated carbocycles. The van der Waals surface area contributed by atoms with E-state index in [1.54, 1.807) is 6.07 Å². The van der Waals surface area contributed by atoms with E-state index in [-0.39, 0.29) is 0 Å². The summed E-state index contributed by atoms with van der Waals surface area (Å²) < 4.78 is 0. The highest BCUT2D eigenvalue weighted by Crippen LogP contribution is 2.38. The zero-order chi connectivity index (χ0) is 14.0. The third-order valence-corrected chi connectivity index (χ3v) is 3.35. The van der Waals surface area contributed by atoms with Crippen LogP contribution in [0.1, 0.15) is 51.8 Å². The molecular weight excluding hydrogens is 262 g/mol. The molecule has 1 aromatic heterocycles. The Bertz CT molecular complexity index is 444. The first-order valence-electron chi connectivity index (χ1n) is 6.86. The summed E-state index contributed by atoms with van der Waals surface area (Å²) in [7, 11) is 0. The molecule has 5 heteroatoms. The lowest BCUT2D eigenvalue weighted by molar-refractivity contribution is 0.0514. The predicted octanol–water partition coefficient (Wildman–Crippen LogP) is 3.22. The van der Waals surface area contributed by atoms with Crippen LogP contribution >= 0.6 is 11.6 Å². The van der Waals surface area contributed by atoms with Crippen LogP contribution in [0.3, 0.4) is 0 Å². The Labute approximate surface area is 119 Å². The molecule has 4 nitrogen and oxygen atoms in total. The summed E-state index contributed by atoms with van der Waals surface area (Å²) >= 11 is 6.00. The highest BCUT2D eigenvalue weighted by molar-refractivity contribution is 6.29. The average Bonchev–Trinajstić information content (AvgIpc) is 3.07. The van der Waals surface area contributed by atoms with Crippen LogP contribution in [0.15, 0.2) is 6.07 Å². The molecule has 0 radical (unpaired) electrons. The first-order valence-corrected chi connectivity index (χ1v) is 7.24. The van der Waals surface area contributed by atoms with Gasteiger partial charge in [-0.1, -0.05) is 25.4 Å². The van der Waals surface area contributed by atoms with E-state index >= 15 is 0 Å². The second-order valence-corrected chi connectivity index (χ2v) is 6.54. The predicted molar refractivity (Wildman–Crippen MR) is 77.6 cm³/mol. The quantitative estimate of drug-likeness (QED) is 0.787. The number of aromatic nitrogens is 2. The molecular formula is C14H22ClN3O. The van der Waals surface area contributed by atoms with Gasteiger partial charge in [0.1, 0.15) is 16.8 Å². The van der Waals surface area contributed by atoms with Gasteiger partial charge < -0.3 is 10.4 Å². The maximum absolute atomic E-state index is 10.3. The minimum Gasteiger partial charge on any atom is -0.388 e. The van der Waals surface area contributed by atoms with Gasteiger partial charge in [-0.25, -0.2) is 9.97 Å². The molecule has 2 N–H and O–H groups in total. The van der Waals surface area contributed by atoms with E-state index in [0.29, 0.717) is 29.4 Å². The number of aliphatic hydroxyl groups is 1. The SMILES string of the molecule is CC(C)CC(C)(O)CNc1cc(Cl)nc(C2CC2)n1. The largest absolute Gasteiger partial charge is 0.388 e. The van der Waals surface area contributed by atoms with Crippen LogP contribution in [0, 0.1) is 5.92 Å². The summed E-state index contributed by atoms with van der Waals surface area (Å²) in [4.78, 5) is 8.70. The van der Waals surface area contributed by atoms with Crippen molar-refractivity contribution in [3.05, 3.63) is 17.0 Å². The minimum atomic E-state index is -0.745. The molecule has 1 aliphatic rings. The highest BCUT2D eigenvalue weighted by Gasteiger charge is 2.27. The van der Waals surface area contributed by atoms with Gasteiger partial charge in [-0.3, -0.25) is 0 Å². The summed E-state index contributed by atoms with van der Waals surface area (Å²) in [6.07, 6.45) is 3.03. The molecule has 0 aliphatic heterocycles. The van der Waals surface area contributed by atoms with E-state index in [2.05, 4.69) is 29.1 Å². The van der Waals surface area contributed by atoms with E-state index in [9.17, 15) is 5.11 Å². The van der Waals surface area contributed by atoms with Crippen molar-refractivity contribution >= 4 is 17.4 Å². The zero-order valence-corrected chi connectivity index (χ0v) is 12.5. The lowest BCUT2D eigenvalue weighted by Gasteiger charge is -2.25. The first-order chi connectivity index (χ1) is 8.85. The summed E-state index contributed by atoms with van der Waals surface area (Å²) in [6, 6.07) is 1.71. The Hall–Kier alpha value is -0.870. The van der Waals surface area contributed by atoms with Crippen molar-refractivity contribution in [1.29, 1.82) is 0 Å². The third kappa shape index (κ3) is 4.62. The molecule has 0 bridgehead atoms. The van der Waals surface area contributed by atoms with Gasteiger partial charge in [0, 0.05) is 18.5 Å². The Morgan fingerprint density at radius 3 is 2.74 bits per heavy atom. The van der Waals surface area contributed by atoms with Crippen LogP contribution in [0.4, 0.5) is 5.82 Å². The van der Waals surface area contributed by atoms with Crippen LogP contribution in [0.2, 0.25) is 5.15 Å². The van der Waals surface area contributed by atoms with Gasteiger partial charge in [-0.15, -0.1) is 0 Å². The van der Waals surface area contributed by atoms with E-state index in [0.717, 1.165) is 25.1 Å². The molecule has 0 amide bonds. The van der Waals surface area contributed by atoms with Crippen LogP contribution < -0.4 is 5.32 Å². The van der Waals surface area contributed by atoms with Gasteiger partial charge in [0.15, 0.2) is 0 Å². The molecule has 1 aromatic rings. The number of hydrogen-bond donors (Lipinski definition) is 2. The van der Waals surface area contributed by atoms with Crippen molar-refractivity contribution in [3.8, 4) is 0 Å². The van der Waals surface area contributed by atoms with Crippen LogP contribution in [-0.2, 0) is 0 Å². The molecule has 1 unspecified atom stereocenters. The molecule has 0 saturated heterocycles. The molecule has 0 spiro atoms. The van der Waals surface area contributed by atoms with Crippen LogP contribution in [0.5, 0.6) is 0 Å². The summed E-state index contributed by atoms with van der Waals surface area (Å²) in [5.41, 5.74) is -0.745. The topological polar surface area (TPSA) is 58.0 Å². The number of nitrogens with one attached hydrogen (secondary N) is 1. The fourth-order valence-electron chi connectivity index (χ4n) is 2.28. The number of nitrogens with zero attached hydrogens (tertiary/aromatic N) is 2. The van der Waals surface area contributed by atoms with E-state index < -0.39 is 5.60 Å². The Morgan fingerprint density at radius 1 is 1.47 bits per heavy atom. The second-order valence-electron chi connectivity index (χ2n) is 6.16. The van der Waals surface area contributed by atoms with Gasteiger partial charge in [0.2, 0.25) is 0 Å². The molecule has 1 heterocycles. The maximum atomic E-state index is 10.3. The standard InChI is InChI=1S/C14H22ClN3O/c1-9(2)7-14(3,19)8-16-12-6-11(15)17-13(18-12)10-4-5-10/h6,9-10,19H,4-5,7-8H2,1-3H3,(H,16,17,18).